The first kappa shape index (κ1) is 16.6. The summed E-state index contributed by atoms with van der Waals surface area (Å²) in [5.74, 6) is 0. The Hall–Kier alpha value is -0.360. The van der Waals surface area contributed by atoms with E-state index in [2.05, 4.69) is 36.8 Å². The van der Waals surface area contributed by atoms with E-state index >= 15 is 0 Å². The molecule has 0 saturated carbocycles. The van der Waals surface area contributed by atoms with Gasteiger partial charge in [0.05, 0.1) is 31.3 Å². The molecule has 0 aliphatic rings. The van der Waals surface area contributed by atoms with Gasteiger partial charge in [-0.2, -0.15) is 0 Å². The standard InChI is InChI=1S/C11H24N4S2/c1-5-14(6-2)10(12)16-9-17-11(13)15(7-3)8-4/h12-13H,5-9H2,1-4H3/p+2. The number of amidine groups is 2. The summed E-state index contributed by atoms with van der Waals surface area (Å²) in [7, 11) is 0. The van der Waals surface area contributed by atoms with Crippen molar-refractivity contribution in [1.82, 2.24) is 0 Å². The lowest BCUT2D eigenvalue weighted by molar-refractivity contribution is -0.518. The Bertz CT molecular complexity index is 247. The van der Waals surface area contributed by atoms with Crippen LogP contribution < -0.4 is 11.5 Å². The van der Waals surface area contributed by atoms with Gasteiger partial charge >= 0.3 is 10.3 Å². The second kappa shape index (κ2) is 9.65. The van der Waals surface area contributed by atoms with E-state index in [0.717, 1.165) is 41.6 Å². The molecule has 0 radical (unpaired) electrons. The molecule has 0 aromatic heterocycles. The minimum Gasteiger partial charge on any atom is -0.281 e. The van der Waals surface area contributed by atoms with Crippen molar-refractivity contribution in [3.63, 3.8) is 0 Å². The molecular formula is C11H26N4S2+2. The van der Waals surface area contributed by atoms with Crippen LogP contribution in [0.15, 0.2) is 0 Å². The van der Waals surface area contributed by atoms with Crippen molar-refractivity contribution in [2.75, 3.05) is 31.3 Å². The number of thioether (sulfide) groups is 2. The third-order valence-corrected chi connectivity index (χ3v) is 4.61. The van der Waals surface area contributed by atoms with E-state index in [1.807, 2.05) is 0 Å². The first-order valence-electron chi connectivity index (χ1n) is 6.10. The van der Waals surface area contributed by atoms with Crippen molar-refractivity contribution in [2.45, 2.75) is 27.7 Å². The molecular weight excluding hydrogens is 252 g/mol. The maximum atomic E-state index is 5.99. The molecule has 0 aliphatic carbocycles. The Morgan fingerprint density at radius 2 is 1.06 bits per heavy atom. The topological polar surface area (TPSA) is 58.1 Å². The number of nitrogens with two attached hydrogens (primary N) is 2. The Labute approximate surface area is 114 Å². The minimum absolute atomic E-state index is 0.866. The van der Waals surface area contributed by atoms with Crippen LogP contribution in [-0.2, 0) is 0 Å². The maximum Gasteiger partial charge on any atom is 0.304 e. The lowest BCUT2D eigenvalue weighted by Crippen LogP contribution is -2.27. The predicted octanol–water partition coefficient (Wildman–Crippen LogP) is 1.14. The van der Waals surface area contributed by atoms with Gasteiger partial charge in [0, 0.05) is 0 Å². The molecule has 0 heterocycles. The monoisotopic (exact) mass is 278 g/mol. The van der Waals surface area contributed by atoms with Crippen LogP contribution in [0.3, 0.4) is 0 Å². The molecule has 4 nitrogen and oxygen atoms in total. The summed E-state index contributed by atoms with van der Waals surface area (Å²) in [6.07, 6.45) is 0. The lowest BCUT2D eigenvalue weighted by Gasteiger charge is -2.05. The molecule has 4 N–H and O–H groups in total. The summed E-state index contributed by atoms with van der Waals surface area (Å²) in [6, 6.07) is 0. The zero-order valence-corrected chi connectivity index (χ0v) is 13.0. The normalized spacial score (nSPS) is 10.1. The van der Waals surface area contributed by atoms with E-state index in [-0.39, 0.29) is 0 Å². The molecule has 17 heavy (non-hydrogen) atoms. The first-order chi connectivity index (χ1) is 8.10. The van der Waals surface area contributed by atoms with Crippen molar-refractivity contribution >= 4 is 33.9 Å². The predicted molar refractivity (Wildman–Crippen MR) is 81.1 cm³/mol. The zero-order chi connectivity index (χ0) is 13.3. The Morgan fingerprint density at radius 3 is 1.29 bits per heavy atom. The van der Waals surface area contributed by atoms with Crippen LogP contribution in [-0.4, -0.2) is 50.8 Å². The summed E-state index contributed by atoms with van der Waals surface area (Å²) in [5, 5.41) is 2.63. The molecule has 0 amide bonds. The molecule has 0 spiro atoms. The van der Waals surface area contributed by atoms with Crippen LogP contribution in [0.25, 0.3) is 0 Å². The Balaban J connectivity index is 4.24. The fourth-order valence-electron chi connectivity index (χ4n) is 1.40. The van der Waals surface area contributed by atoms with Crippen molar-refractivity contribution in [3.05, 3.63) is 0 Å². The summed E-state index contributed by atoms with van der Waals surface area (Å²) in [5.41, 5.74) is 12.0. The highest BCUT2D eigenvalue weighted by molar-refractivity contribution is 8.28. The SMILES string of the molecule is CC[N+](CC)=C(N)SCSC(N)=[N+](CC)CC. The Kier molecular flexibility index (Phi) is 9.44. The van der Waals surface area contributed by atoms with Gasteiger partial charge in [-0.25, -0.2) is 0 Å². The number of hydrogen-bond acceptors (Lipinski definition) is 2. The minimum atomic E-state index is 0.866. The summed E-state index contributed by atoms with van der Waals surface area (Å²) in [4.78, 5) is 0. The largest absolute Gasteiger partial charge is 0.304 e. The van der Waals surface area contributed by atoms with Crippen molar-refractivity contribution in [3.8, 4) is 0 Å². The van der Waals surface area contributed by atoms with Gasteiger partial charge in [0.15, 0.2) is 0 Å². The fourth-order valence-corrected chi connectivity index (χ4v) is 3.49. The molecule has 0 saturated heterocycles. The molecule has 0 aliphatic heterocycles. The van der Waals surface area contributed by atoms with E-state index in [4.69, 9.17) is 11.5 Å². The smallest absolute Gasteiger partial charge is 0.281 e. The highest BCUT2D eigenvalue weighted by Gasteiger charge is 2.10. The van der Waals surface area contributed by atoms with E-state index < -0.39 is 0 Å². The third kappa shape index (κ3) is 6.21. The number of hydrogen-bond donors (Lipinski definition) is 2. The van der Waals surface area contributed by atoms with E-state index in [0.29, 0.717) is 0 Å². The highest BCUT2D eigenvalue weighted by Crippen LogP contribution is 2.11. The second-order valence-electron chi connectivity index (χ2n) is 3.43. The zero-order valence-electron chi connectivity index (χ0n) is 11.4. The van der Waals surface area contributed by atoms with Gasteiger partial charge in [0.1, 0.15) is 0 Å². The Morgan fingerprint density at radius 1 is 0.765 bits per heavy atom. The van der Waals surface area contributed by atoms with Crippen LogP contribution in [0.5, 0.6) is 0 Å². The van der Waals surface area contributed by atoms with Gasteiger partial charge in [0.25, 0.3) is 0 Å². The first-order valence-corrected chi connectivity index (χ1v) is 8.07. The highest BCUT2D eigenvalue weighted by atomic mass is 32.2. The fraction of sp³-hybridized carbons (Fsp3) is 0.818. The van der Waals surface area contributed by atoms with Gasteiger partial charge in [-0.3, -0.25) is 20.6 Å². The molecule has 0 fully saturated rings. The van der Waals surface area contributed by atoms with Gasteiger partial charge in [-0.05, 0) is 51.2 Å². The van der Waals surface area contributed by atoms with Crippen LogP contribution in [0.1, 0.15) is 27.7 Å². The maximum absolute atomic E-state index is 5.99. The molecule has 0 rings (SSSR count). The molecule has 0 unspecified atom stereocenters. The molecule has 6 heteroatoms. The molecule has 100 valence electrons. The molecule has 0 atom stereocenters. The van der Waals surface area contributed by atoms with Crippen molar-refractivity contribution in [2.24, 2.45) is 11.5 Å². The van der Waals surface area contributed by atoms with Crippen LogP contribution in [0, 0.1) is 0 Å². The number of rotatable bonds is 6. The van der Waals surface area contributed by atoms with Gasteiger partial charge in [0.2, 0.25) is 0 Å². The van der Waals surface area contributed by atoms with Crippen LogP contribution >= 0.6 is 23.5 Å². The van der Waals surface area contributed by atoms with Crippen LogP contribution in [0.4, 0.5) is 0 Å². The quantitative estimate of drug-likeness (QED) is 0.331. The summed E-state index contributed by atoms with van der Waals surface area (Å²) < 4.78 is 4.30. The summed E-state index contributed by atoms with van der Waals surface area (Å²) >= 11 is 3.31. The van der Waals surface area contributed by atoms with Gasteiger partial charge in [-0.1, -0.05) is 0 Å². The van der Waals surface area contributed by atoms with E-state index in [1.54, 1.807) is 23.5 Å². The average molecular weight is 278 g/mol. The molecule has 0 aromatic carbocycles. The molecule has 0 bridgehead atoms. The van der Waals surface area contributed by atoms with Gasteiger partial charge in [-0.15, -0.1) is 0 Å². The number of nitrogens with zero attached hydrogens (tertiary/aromatic N) is 2. The average Bonchev–Trinajstić information content (AvgIpc) is 2.32. The second-order valence-corrected chi connectivity index (χ2v) is 5.78. The summed E-state index contributed by atoms with van der Waals surface area (Å²) in [6.45, 7) is 12.3. The molecule has 0 aromatic rings. The lowest BCUT2D eigenvalue weighted by atomic mass is 10.6. The third-order valence-electron chi connectivity index (χ3n) is 2.56. The van der Waals surface area contributed by atoms with Crippen molar-refractivity contribution in [1.29, 1.82) is 0 Å². The van der Waals surface area contributed by atoms with Gasteiger partial charge < -0.3 is 0 Å². The van der Waals surface area contributed by atoms with Crippen molar-refractivity contribution < 1.29 is 9.15 Å². The van der Waals surface area contributed by atoms with E-state index in [9.17, 15) is 0 Å². The van der Waals surface area contributed by atoms with E-state index in [1.165, 1.54) is 0 Å². The van der Waals surface area contributed by atoms with Crippen LogP contribution in [0.2, 0.25) is 0 Å².